The molecule has 1 aromatic carbocycles. The first-order valence-electron chi connectivity index (χ1n) is 6.94. The number of hydrogen-bond donors (Lipinski definition) is 1. The normalized spacial score (nSPS) is 16.5. The number of urea groups is 1. The summed E-state index contributed by atoms with van der Waals surface area (Å²) in [5.74, 6) is 0. The number of carbonyl (C=O) groups is 1. The van der Waals surface area contributed by atoms with Crippen LogP contribution < -0.4 is 10.2 Å². The van der Waals surface area contributed by atoms with Crippen molar-refractivity contribution >= 4 is 17.4 Å². The van der Waals surface area contributed by atoms with Crippen LogP contribution in [0.1, 0.15) is 12.8 Å². The third kappa shape index (κ3) is 3.91. The molecule has 114 valence electrons. The molecule has 0 unspecified atom stereocenters. The largest absolute Gasteiger partial charge is 0.335 e. The summed E-state index contributed by atoms with van der Waals surface area (Å²) in [5.41, 5.74) is 0.647. The Morgan fingerprint density at radius 3 is 2.43 bits per heavy atom. The summed E-state index contributed by atoms with van der Waals surface area (Å²) in [4.78, 5) is 26.1. The highest BCUT2D eigenvalue weighted by Crippen LogP contribution is 2.18. The number of benzene rings is 1. The highest BCUT2D eigenvalue weighted by molar-refractivity contribution is 5.91. The Kier molecular flexibility index (Phi) is 4.74. The van der Waals surface area contributed by atoms with Gasteiger partial charge in [0.2, 0.25) is 0 Å². The smallest absolute Gasteiger partial charge is 0.321 e. The Bertz CT molecular complexity index is 509. The van der Waals surface area contributed by atoms with E-state index in [0.717, 1.165) is 25.9 Å². The summed E-state index contributed by atoms with van der Waals surface area (Å²) in [5, 5.41) is 13.6. The number of carbonyl (C=O) groups excluding carboxylic acids is 1. The number of likely N-dealkylation sites (tertiary alicyclic amines) is 1. The van der Waals surface area contributed by atoms with Crippen LogP contribution in [0.3, 0.4) is 0 Å². The fraction of sp³-hybridized carbons (Fsp3) is 0.500. The van der Waals surface area contributed by atoms with E-state index in [1.54, 1.807) is 19.2 Å². The second-order valence-electron chi connectivity index (χ2n) is 5.36. The highest BCUT2D eigenvalue weighted by atomic mass is 16.6. The zero-order valence-corrected chi connectivity index (χ0v) is 12.3. The average Bonchev–Trinajstić information content (AvgIpc) is 2.49. The van der Waals surface area contributed by atoms with Crippen molar-refractivity contribution < 1.29 is 9.72 Å². The topological polar surface area (TPSA) is 78.7 Å². The minimum absolute atomic E-state index is 0.0166. The Balaban J connectivity index is 1.94. The molecule has 0 spiro atoms. The van der Waals surface area contributed by atoms with Crippen molar-refractivity contribution in [1.29, 1.82) is 0 Å². The summed E-state index contributed by atoms with van der Waals surface area (Å²) >= 11 is 0. The molecule has 2 amide bonds. The minimum Gasteiger partial charge on any atom is -0.335 e. The molecule has 1 heterocycles. The van der Waals surface area contributed by atoms with Gasteiger partial charge in [-0.1, -0.05) is 0 Å². The molecule has 1 aliphatic heterocycles. The quantitative estimate of drug-likeness (QED) is 0.681. The first kappa shape index (κ1) is 15.2. The van der Waals surface area contributed by atoms with E-state index in [4.69, 9.17) is 0 Å². The van der Waals surface area contributed by atoms with Gasteiger partial charge in [-0.05, 0) is 45.1 Å². The van der Waals surface area contributed by atoms with Crippen LogP contribution in [0.2, 0.25) is 0 Å². The van der Waals surface area contributed by atoms with Crippen molar-refractivity contribution in [3.05, 3.63) is 34.4 Å². The SMILES string of the molecule is CN1CCC(NC(=O)N(C)c2ccc([N+](=O)[O-])cc2)CC1. The van der Waals surface area contributed by atoms with Crippen molar-refractivity contribution in [2.75, 3.05) is 32.1 Å². The van der Waals surface area contributed by atoms with Crippen molar-refractivity contribution in [3.63, 3.8) is 0 Å². The Hall–Kier alpha value is -2.15. The number of nitro benzene ring substituents is 1. The molecule has 1 saturated heterocycles. The molecule has 7 nitrogen and oxygen atoms in total. The van der Waals surface area contributed by atoms with E-state index in [1.807, 2.05) is 0 Å². The number of nitrogens with one attached hydrogen (secondary N) is 1. The van der Waals surface area contributed by atoms with E-state index in [2.05, 4.69) is 17.3 Å². The Morgan fingerprint density at radius 1 is 1.33 bits per heavy atom. The number of nitrogens with zero attached hydrogens (tertiary/aromatic N) is 3. The number of piperidine rings is 1. The molecule has 0 atom stereocenters. The third-order valence-corrected chi connectivity index (χ3v) is 3.80. The number of amides is 2. The monoisotopic (exact) mass is 292 g/mol. The van der Waals surface area contributed by atoms with Crippen molar-refractivity contribution in [1.82, 2.24) is 10.2 Å². The number of rotatable bonds is 3. The van der Waals surface area contributed by atoms with Crippen molar-refractivity contribution in [3.8, 4) is 0 Å². The van der Waals surface area contributed by atoms with Crippen LogP contribution in [-0.4, -0.2) is 49.1 Å². The van der Waals surface area contributed by atoms with Crippen LogP contribution in [0.4, 0.5) is 16.2 Å². The summed E-state index contributed by atoms with van der Waals surface area (Å²) in [6.45, 7) is 1.96. The van der Waals surface area contributed by atoms with Gasteiger partial charge in [-0.3, -0.25) is 15.0 Å². The molecule has 2 rings (SSSR count). The zero-order valence-electron chi connectivity index (χ0n) is 12.3. The van der Waals surface area contributed by atoms with Crippen LogP contribution in [0.25, 0.3) is 0 Å². The van der Waals surface area contributed by atoms with Gasteiger partial charge >= 0.3 is 6.03 Å². The molecule has 1 aliphatic rings. The molecule has 0 saturated carbocycles. The van der Waals surface area contributed by atoms with Crippen molar-refractivity contribution in [2.24, 2.45) is 0 Å². The highest BCUT2D eigenvalue weighted by Gasteiger charge is 2.20. The van der Waals surface area contributed by atoms with E-state index in [0.29, 0.717) is 5.69 Å². The van der Waals surface area contributed by atoms with Gasteiger partial charge in [0.05, 0.1) is 4.92 Å². The molecule has 0 bridgehead atoms. The van der Waals surface area contributed by atoms with Crippen LogP contribution in [-0.2, 0) is 0 Å². The lowest BCUT2D eigenvalue weighted by Crippen LogP contribution is -2.47. The molecule has 7 heteroatoms. The molecule has 1 fully saturated rings. The maximum atomic E-state index is 12.2. The maximum Gasteiger partial charge on any atom is 0.321 e. The van der Waals surface area contributed by atoms with Gasteiger partial charge < -0.3 is 10.2 Å². The predicted octanol–water partition coefficient (Wildman–Crippen LogP) is 1.83. The number of hydrogen-bond acceptors (Lipinski definition) is 4. The molecule has 1 aromatic rings. The third-order valence-electron chi connectivity index (χ3n) is 3.80. The minimum atomic E-state index is -0.456. The molecule has 0 aromatic heterocycles. The van der Waals surface area contributed by atoms with Crippen LogP contribution in [0, 0.1) is 10.1 Å². The lowest BCUT2D eigenvalue weighted by molar-refractivity contribution is -0.384. The molecule has 1 N–H and O–H groups in total. The fourth-order valence-electron chi connectivity index (χ4n) is 2.34. The lowest BCUT2D eigenvalue weighted by Gasteiger charge is -2.30. The first-order valence-corrected chi connectivity index (χ1v) is 6.94. The first-order chi connectivity index (χ1) is 9.97. The van der Waals surface area contributed by atoms with Crippen LogP contribution in [0.15, 0.2) is 24.3 Å². The summed E-state index contributed by atoms with van der Waals surface area (Å²) in [7, 11) is 3.73. The fourth-order valence-corrected chi connectivity index (χ4v) is 2.34. The number of anilines is 1. The lowest BCUT2D eigenvalue weighted by atomic mass is 10.1. The van der Waals surface area contributed by atoms with Gasteiger partial charge in [0, 0.05) is 30.9 Å². The van der Waals surface area contributed by atoms with E-state index in [1.165, 1.54) is 17.0 Å². The van der Waals surface area contributed by atoms with Gasteiger partial charge in [-0.2, -0.15) is 0 Å². The molecule has 0 radical (unpaired) electrons. The van der Waals surface area contributed by atoms with Crippen molar-refractivity contribution in [2.45, 2.75) is 18.9 Å². The molecular formula is C14H20N4O3. The van der Waals surface area contributed by atoms with E-state index < -0.39 is 4.92 Å². The summed E-state index contributed by atoms with van der Waals surface area (Å²) in [6.07, 6.45) is 1.88. The standard InChI is InChI=1S/C14H20N4O3/c1-16-9-7-11(8-10-16)15-14(19)17(2)12-3-5-13(6-4-12)18(20)21/h3-6,11H,7-10H2,1-2H3,(H,15,19). The number of non-ortho nitro benzene ring substituents is 1. The summed E-state index contributed by atoms with van der Waals surface area (Å²) in [6, 6.07) is 5.95. The van der Waals surface area contributed by atoms with Gasteiger partial charge in [0.25, 0.3) is 5.69 Å². The predicted molar refractivity (Wildman–Crippen MR) is 80.6 cm³/mol. The van der Waals surface area contributed by atoms with Crippen LogP contribution in [0.5, 0.6) is 0 Å². The van der Waals surface area contributed by atoms with Gasteiger partial charge in [-0.25, -0.2) is 4.79 Å². The second-order valence-corrected chi connectivity index (χ2v) is 5.36. The maximum absolute atomic E-state index is 12.2. The van der Waals surface area contributed by atoms with E-state index >= 15 is 0 Å². The summed E-state index contributed by atoms with van der Waals surface area (Å²) < 4.78 is 0. The second kappa shape index (κ2) is 6.53. The molecular weight excluding hydrogens is 272 g/mol. The number of nitro groups is 1. The molecule has 0 aliphatic carbocycles. The van der Waals surface area contributed by atoms with Gasteiger partial charge in [-0.15, -0.1) is 0 Å². The average molecular weight is 292 g/mol. The van der Waals surface area contributed by atoms with Gasteiger partial charge in [0.15, 0.2) is 0 Å². The van der Waals surface area contributed by atoms with Crippen LogP contribution >= 0.6 is 0 Å². The Labute approximate surface area is 123 Å². The molecule has 21 heavy (non-hydrogen) atoms. The van der Waals surface area contributed by atoms with E-state index in [9.17, 15) is 14.9 Å². The van der Waals surface area contributed by atoms with E-state index in [-0.39, 0.29) is 17.8 Å². The zero-order chi connectivity index (χ0) is 15.4. The Morgan fingerprint density at radius 2 is 1.90 bits per heavy atom. The van der Waals surface area contributed by atoms with Gasteiger partial charge in [0.1, 0.15) is 0 Å².